The number of rotatable bonds is 12. The van der Waals surface area contributed by atoms with Gasteiger partial charge in [-0.25, -0.2) is 4.79 Å². The Kier molecular flexibility index (Phi) is 16.5. The molecule has 24 heteroatoms. The van der Waals surface area contributed by atoms with E-state index in [4.69, 9.17) is 37.9 Å². The van der Waals surface area contributed by atoms with E-state index in [0.29, 0.717) is 32.1 Å². The standard InChI is InChI=1S/C53H84O24/c1-48(2)14-15-53(69)22(16-48)21-8-9-27-50(5)12-11-29(49(3,4)26(50)10-13-51(27,6)52(21,7)17-28(53)57)73-47-42(77-45-37(65)34(62)31(59)24(19-55)71-45)39(38(66)40(75-47)43(67)68)74-46-41(35(63)32(60)25(20-56)72-46)76-44-36(64)33(61)30(58)23(18-54)70-44/h8,22-27,29-42,44-47,54-56,58-66,69H,9-20H2,1-7H3,(H,67,68)/t22-,23+,24+,25+,26-,27+,29-,30+,31-,32-,33-,34-,35-,36+,37+,38-,39-,40-,41+,42+,44-,45-,46-,47+,50-,51+,52+,53+/m0/s1. The molecule has 9 rings (SSSR count). The fourth-order valence-electron chi connectivity index (χ4n) is 16.0. The van der Waals surface area contributed by atoms with Crippen LogP contribution in [0.1, 0.15) is 106 Å². The monoisotopic (exact) mass is 1100 g/mol. The molecule has 8 fully saturated rings. The summed E-state index contributed by atoms with van der Waals surface area (Å²) in [6.45, 7) is 12.6. The van der Waals surface area contributed by atoms with Crippen molar-refractivity contribution in [1.29, 1.82) is 0 Å². The first-order chi connectivity index (χ1) is 35.9. The van der Waals surface area contributed by atoms with E-state index in [-0.39, 0.29) is 46.2 Å². The molecular formula is C53H84O24. The van der Waals surface area contributed by atoms with E-state index in [1.165, 1.54) is 5.57 Å². The number of carboxylic acids is 1. The van der Waals surface area contributed by atoms with Crippen LogP contribution in [0.15, 0.2) is 11.6 Å². The molecule has 0 aromatic carbocycles. The molecule has 14 N–H and O–H groups in total. The molecule has 0 aromatic rings. The largest absolute Gasteiger partial charge is 0.479 e. The van der Waals surface area contributed by atoms with Crippen molar-refractivity contribution in [1.82, 2.24) is 0 Å². The Morgan fingerprint density at radius 2 is 1.10 bits per heavy atom. The summed E-state index contributed by atoms with van der Waals surface area (Å²) in [6.07, 6.45) is -32.2. The predicted octanol–water partition coefficient (Wildman–Crippen LogP) is -2.54. The Morgan fingerprint density at radius 3 is 1.66 bits per heavy atom. The van der Waals surface area contributed by atoms with Crippen molar-refractivity contribution in [3.05, 3.63) is 11.6 Å². The average molecular weight is 1110 g/mol. The van der Waals surface area contributed by atoms with Gasteiger partial charge in [0.15, 0.2) is 37.0 Å². The molecule has 4 heterocycles. The lowest BCUT2D eigenvalue weighted by Crippen LogP contribution is -2.69. The third kappa shape index (κ3) is 9.70. The number of aliphatic hydroxyl groups is 13. The zero-order valence-corrected chi connectivity index (χ0v) is 44.8. The normalized spacial score (nSPS) is 53.5. The maximum atomic E-state index is 14.3. The van der Waals surface area contributed by atoms with E-state index in [0.717, 1.165) is 19.3 Å². The Hall–Kier alpha value is -1.96. The summed E-state index contributed by atoms with van der Waals surface area (Å²) >= 11 is 0. The zero-order chi connectivity index (χ0) is 56.4. The lowest BCUT2D eigenvalue weighted by molar-refractivity contribution is -0.407. The minimum absolute atomic E-state index is 0.0530. The number of carboxylic acid groups (broad SMARTS) is 1. The van der Waals surface area contributed by atoms with E-state index >= 15 is 0 Å². The van der Waals surface area contributed by atoms with Gasteiger partial charge in [0.25, 0.3) is 0 Å². The van der Waals surface area contributed by atoms with Crippen LogP contribution in [-0.4, -0.2) is 238 Å². The molecule has 0 amide bonds. The molecule has 0 radical (unpaired) electrons. The van der Waals surface area contributed by atoms with Crippen molar-refractivity contribution in [3.8, 4) is 0 Å². The van der Waals surface area contributed by atoms with E-state index in [9.17, 15) is 81.1 Å². The van der Waals surface area contributed by atoms with Crippen LogP contribution in [0, 0.1) is 44.8 Å². The number of carbonyl (C=O) groups is 2. The number of ketones is 1. The second-order valence-electron chi connectivity index (χ2n) is 25.9. The third-order valence-electron chi connectivity index (χ3n) is 20.8. The first kappa shape index (κ1) is 59.7. The maximum absolute atomic E-state index is 14.3. The van der Waals surface area contributed by atoms with Gasteiger partial charge in [-0.15, -0.1) is 0 Å². The van der Waals surface area contributed by atoms with Crippen LogP contribution in [0.25, 0.3) is 0 Å². The second-order valence-corrected chi connectivity index (χ2v) is 25.9. The van der Waals surface area contributed by atoms with Crippen molar-refractivity contribution in [3.63, 3.8) is 0 Å². The lowest BCUT2D eigenvalue weighted by atomic mass is 9.34. The SMILES string of the molecule is CC1(C)CC[C@]2(O)C(=O)C[C@]3(C)C(=CC[C@@H]4[C@@]5(C)CC[C@H](O[C@@H]6O[C@H](C(=O)O)[C@@H](O)[C@H](O[C@@H]7O[C@H](CO)[C@H](O)[C@H](O)[C@H]7O[C@@H]7O[C@H](CO)[C@@H](O)[C@H](O)[C@H]7O)[C@H]6O[C@@H]6O[C@H](CO)[C@H](O)[C@H](O)[C@H]6O)C(C)(C)[C@@H]5CC[C@]43C)[C@@H]2C1. The molecule has 28 atom stereocenters. The van der Waals surface area contributed by atoms with Gasteiger partial charge in [0.05, 0.1) is 25.9 Å². The van der Waals surface area contributed by atoms with E-state index in [2.05, 4.69) is 40.7 Å². The molecule has 0 aromatic heterocycles. The van der Waals surface area contributed by atoms with Crippen LogP contribution in [0.4, 0.5) is 0 Å². The van der Waals surface area contributed by atoms with Gasteiger partial charge in [0, 0.05) is 17.8 Å². The summed E-state index contributed by atoms with van der Waals surface area (Å²) in [7, 11) is 0. The second kappa shape index (κ2) is 21.3. The highest BCUT2D eigenvalue weighted by Gasteiger charge is 2.71. The van der Waals surface area contributed by atoms with Crippen LogP contribution in [0.2, 0.25) is 0 Å². The van der Waals surface area contributed by atoms with Crippen LogP contribution >= 0.6 is 0 Å². The van der Waals surface area contributed by atoms with Gasteiger partial charge in [-0.2, -0.15) is 0 Å². The Bertz CT molecular complexity index is 2180. The van der Waals surface area contributed by atoms with Crippen LogP contribution < -0.4 is 0 Å². The molecule has 4 saturated carbocycles. The zero-order valence-electron chi connectivity index (χ0n) is 44.8. The van der Waals surface area contributed by atoms with Crippen molar-refractivity contribution in [2.45, 2.75) is 241 Å². The van der Waals surface area contributed by atoms with Gasteiger partial charge >= 0.3 is 5.97 Å². The van der Waals surface area contributed by atoms with E-state index < -0.39 is 171 Å². The van der Waals surface area contributed by atoms with E-state index in [1.807, 2.05) is 13.8 Å². The fraction of sp³-hybridized carbons (Fsp3) is 0.925. The van der Waals surface area contributed by atoms with Gasteiger partial charge in [-0.3, -0.25) is 4.79 Å². The molecular weight excluding hydrogens is 1020 g/mol. The molecule has 5 aliphatic carbocycles. The highest BCUT2D eigenvalue weighted by Crippen LogP contribution is 2.74. The molecule has 0 spiro atoms. The Labute approximate surface area is 446 Å². The van der Waals surface area contributed by atoms with Crippen LogP contribution in [0.3, 0.4) is 0 Å². The highest BCUT2D eigenvalue weighted by atomic mass is 16.8. The number of fused-ring (bicyclic) bond motifs is 7. The Balaban J connectivity index is 1.05. The molecule has 4 saturated heterocycles. The molecule has 9 aliphatic rings. The highest BCUT2D eigenvalue weighted by molar-refractivity contribution is 5.91. The van der Waals surface area contributed by atoms with Crippen LogP contribution in [0.5, 0.6) is 0 Å². The van der Waals surface area contributed by atoms with Crippen molar-refractivity contribution in [2.24, 2.45) is 44.8 Å². The van der Waals surface area contributed by atoms with Gasteiger partial charge in [0.2, 0.25) is 0 Å². The summed E-state index contributed by atoms with van der Waals surface area (Å²) < 4.78 is 48.7. The number of Topliss-reactive ketones (excluding diaryl/α,β-unsaturated/α-hetero) is 1. The third-order valence-corrected chi connectivity index (χ3v) is 20.8. The maximum Gasteiger partial charge on any atom is 0.335 e. The minimum Gasteiger partial charge on any atom is -0.479 e. The quantitative estimate of drug-likeness (QED) is 0.0707. The molecule has 4 aliphatic heterocycles. The molecule has 0 bridgehead atoms. The topological polar surface area (TPSA) is 391 Å². The van der Waals surface area contributed by atoms with Crippen molar-refractivity contribution >= 4 is 11.8 Å². The molecule has 24 nitrogen and oxygen atoms in total. The summed E-state index contributed by atoms with van der Waals surface area (Å²) in [5, 5.41) is 152. The Morgan fingerprint density at radius 1 is 0.584 bits per heavy atom. The number of aliphatic carboxylic acids is 1. The summed E-state index contributed by atoms with van der Waals surface area (Å²) in [5.74, 6) is -2.07. The fourth-order valence-corrected chi connectivity index (χ4v) is 16.0. The van der Waals surface area contributed by atoms with Gasteiger partial charge in [0.1, 0.15) is 97.2 Å². The van der Waals surface area contributed by atoms with Gasteiger partial charge in [-0.05, 0) is 84.9 Å². The molecule has 440 valence electrons. The number of carbonyl (C=O) groups excluding carboxylic acids is 1. The summed E-state index contributed by atoms with van der Waals surface area (Å²) in [6, 6.07) is 0. The first-order valence-corrected chi connectivity index (χ1v) is 27.3. The van der Waals surface area contributed by atoms with Gasteiger partial charge in [-0.1, -0.05) is 60.1 Å². The number of hydrogen-bond donors (Lipinski definition) is 14. The van der Waals surface area contributed by atoms with Crippen molar-refractivity contribution in [2.75, 3.05) is 19.8 Å². The number of ether oxygens (including phenoxy) is 8. The number of allylic oxidation sites excluding steroid dienone is 1. The summed E-state index contributed by atoms with van der Waals surface area (Å²) in [5.41, 5.74) is -2.24. The number of hydrogen-bond acceptors (Lipinski definition) is 23. The average Bonchev–Trinajstić information content (AvgIpc) is 3.51. The van der Waals surface area contributed by atoms with E-state index in [1.54, 1.807) is 0 Å². The van der Waals surface area contributed by atoms with Crippen LogP contribution in [-0.2, 0) is 47.5 Å². The smallest absolute Gasteiger partial charge is 0.335 e. The first-order valence-electron chi connectivity index (χ1n) is 27.3. The number of aliphatic hydroxyl groups excluding tert-OH is 12. The molecule has 77 heavy (non-hydrogen) atoms. The van der Waals surface area contributed by atoms with Gasteiger partial charge < -0.3 is 109 Å². The predicted molar refractivity (Wildman–Crippen MR) is 259 cm³/mol. The lowest BCUT2D eigenvalue weighted by Gasteiger charge is -2.71. The van der Waals surface area contributed by atoms with Crippen molar-refractivity contribution < 1.29 is 119 Å². The molecule has 0 unspecified atom stereocenters. The minimum atomic E-state index is -2.28. The summed E-state index contributed by atoms with van der Waals surface area (Å²) in [4.78, 5) is 27.4.